The van der Waals surface area contributed by atoms with E-state index in [0.29, 0.717) is 12.8 Å². The van der Waals surface area contributed by atoms with Crippen molar-refractivity contribution in [2.24, 2.45) is 0 Å². The molecule has 7 N–H and O–H groups in total. The average Bonchev–Trinajstić information content (AvgIpc) is 3.11. The summed E-state index contributed by atoms with van der Waals surface area (Å²) in [6, 6.07) is -1.13. The Morgan fingerprint density at radius 2 is 1.29 bits per heavy atom. The average molecular weight is 766 g/mol. The van der Waals surface area contributed by atoms with Gasteiger partial charge in [-0.1, -0.05) is 141 Å². The van der Waals surface area contributed by atoms with Crippen molar-refractivity contribution in [1.82, 2.24) is 5.32 Å². The van der Waals surface area contributed by atoms with Crippen molar-refractivity contribution in [3.8, 4) is 0 Å². The van der Waals surface area contributed by atoms with Crippen molar-refractivity contribution >= 4 is 16.3 Å². The number of nitrogens with one attached hydrogen (secondary N) is 1. The summed E-state index contributed by atoms with van der Waals surface area (Å²) in [6.07, 6.45) is 18.6. The van der Waals surface area contributed by atoms with Crippen LogP contribution in [-0.4, -0.2) is 107 Å². The van der Waals surface area contributed by atoms with Crippen LogP contribution in [0.4, 0.5) is 0 Å². The number of hydrogen-bond acceptors (Lipinski definition) is 11. The molecule has 1 heterocycles. The molecule has 8 unspecified atom stereocenters. The van der Waals surface area contributed by atoms with Gasteiger partial charge in [-0.3, -0.25) is 9.35 Å². The van der Waals surface area contributed by atoms with Crippen molar-refractivity contribution in [2.45, 2.75) is 198 Å². The highest BCUT2D eigenvalue weighted by Crippen LogP contribution is 2.26. The third kappa shape index (κ3) is 22.7. The summed E-state index contributed by atoms with van der Waals surface area (Å²) >= 11 is 0. The Morgan fingerprint density at radius 1 is 0.769 bits per heavy atom. The lowest BCUT2D eigenvalue weighted by Gasteiger charge is -2.41. The number of amides is 1. The second kappa shape index (κ2) is 29.8. The first-order valence-electron chi connectivity index (χ1n) is 19.8. The zero-order chi connectivity index (χ0) is 38.6. The molecule has 1 aliphatic rings. The van der Waals surface area contributed by atoms with Crippen LogP contribution in [0.2, 0.25) is 0 Å². The van der Waals surface area contributed by atoms with Crippen LogP contribution in [0.15, 0.2) is 24.3 Å². The van der Waals surface area contributed by atoms with E-state index < -0.39 is 78.5 Å². The molecule has 0 aromatic heterocycles. The highest BCUT2D eigenvalue weighted by atomic mass is 32.3. The molecule has 0 aliphatic carbocycles. The van der Waals surface area contributed by atoms with Gasteiger partial charge in [-0.2, -0.15) is 8.42 Å². The van der Waals surface area contributed by atoms with Crippen LogP contribution < -0.4 is 5.32 Å². The van der Waals surface area contributed by atoms with E-state index in [1.807, 2.05) is 0 Å². The SMILES string of the molecule is CCCCCCCC/C=C/CC/C=C/C(O)C(COC1OC(CO)C(O)C(OS(=O)(=O)O)C1O)NC(=O)C(O)CCCCCCCCCCCCC. The summed E-state index contributed by atoms with van der Waals surface area (Å²) in [4.78, 5) is 13.0. The van der Waals surface area contributed by atoms with Gasteiger partial charge in [0.15, 0.2) is 6.29 Å². The molecule has 1 aliphatic heterocycles. The van der Waals surface area contributed by atoms with Crippen molar-refractivity contribution in [2.75, 3.05) is 13.2 Å². The Balaban J connectivity index is 2.73. The molecule has 1 amide bonds. The molecule has 0 aromatic rings. The summed E-state index contributed by atoms with van der Waals surface area (Å²) < 4.78 is 47.2. The normalized spacial score (nSPS) is 23.0. The maximum atomic E-state index is 13.0. The predicted octanol–water partition coefficient (Wildman–Crippen LogP) is 5.18. The Labute approximate surface area is 313 Å². The van der Waals surface area contributed by atoms with E-state index in [1.165, 1.54) is 83.1 Å². The standard InChI is InChI=1S/C38H71NO12S/c1-3-5-7-9-11-13-15-17-18-20-22-24-26-31(41)30(29-49-38-35(44)36(51-52(46,47)48)34(43)33(28-40)50-38)39-37(45)32(42)27-25-23-21-19-16-14-12-10-8-6-4-2/h17-18,24,26,30-36,38,40-44H,3-16,19-23,25,27-29H2,1-2H3,(H,39,45)(H,46,47,48)/b18-17+,26-24+. The second-order valence-electron chi connectivity index (χ2n) is 14.0. The Hall–Kier alpha value is -1.46. The van der Waals surface area contributed by atoms with E-state index >= 15 is 0 Å². The Morgan fingerprint density at radius 3 is 1.85 bits per heavy atom. The monoisotopic (exact) mass is 765 g/mol. The molecule has 14 heteroatoms. The van der Waals surface area contributed by atoms with Gasteiger partial charge in [0.05, 0.1) is 25.4 Å². The van der Waals surface area contributed by atoms with Crippen LogP contribution in [-0.2, 0) is 28.9 Å². The van der Waals surface area contributed by atoms with E-state index in [4.69, 9.17) is 14.0 Å². The number of ether oxygens (including phenoxy) is 2. The summed E-state index contributed by atoms with van der Waals surface area (Å²) in [5, 5.41) is 54.8. The number of carbonyl (C=O) groups is 1. The molecular weight excluding hydrogens is 694 g/mol. The van der Waals surface area contributed by atoms with E-state index in [-0.39, 0.29) is 6.42 Å². The maximum Gasteiger partial charge on any atom is 0.397 e. The summed E-state index contributed by atoms with van der Waals surface area (Å²) in [5.41, 5.74) is 0. The third-order valence-corrected chi connectivity index (χ3v) is 9.81. The molecule has 0 saturated carbocycles. The fraction of sp³-hybridized carbons (Fsp3) is 0.868. The van der Waals surface area contributed by atoms with Gasteiger partial charge in [-0.15, -0.1) is 0 Å². The molecule has 0 radical (unpaired) electrons. The number of unbranched alkanes of at least 4 members (excludes halogenated alkanes) is 17. The van der Waals surface area contributed by atoms with Gasteiger partial charge in [-0.05, 0) is 32.1 Å². The first-order valence-corrected chi connectivity index (χ1v) is 21.2. The molecule has 1 rings (SSSR count). The topological polar surface area (TPSA) is 212 Å². The van der Waals surface area contributed by atoms with Gasteiger partial charge in [0.25, 0.3) is 0 Å². The van der Waals surface area contributed by atoms with Crippen LogP contribution in [0, 0.1) is 0 Å². The molecule has 0 bridgehead atoms. The first kappa shape index (κ1) is 48.6. The van der Waals surface area contributed by atoms with E-state index in [0.717, 1.165) is 38.5 Å². The van der Waals surface area contributed by atoms with Crippen LogP contribution in [0.5, 0.6) is 0 Å². The van der Waals surface area contributed by atoms with E-state index in [9.17, 15) is 38.7 Å². The Bertz CT molecular complexity index is 1060. The summed E-state index contributed by atoms with van der Waals surface area (Å²) in [7, 11) is -5.11. The number of carbonyl (C=O) groups excluding carboxylic acids is 1. The minimum atomic E-state index is -5.11. The lowest BCUT2D eigenvalue weighted by molar-refractivity contribution is -0.298. The summed E-state index contributed by atoms with van der Waals surface area (Å²) in [5.74, 6) is -0.716. The minimum Gasteiger partial charge on any atom is -0.394 e. The van der Waals surface area contributed by atoms with Crippen molar-refractivity contribution < 1.29 is 57.0 Å². The van der Waals surface area contributed by atoms with Gasteiger partial charge in [0.1, 0.15) is 30.5 Å². The zero-order valence-corrected chi connectivity index (χ0v) is 32.5. The van der Waals surface area contributed by atoms with Gasteiger partial charge >= 0.3 is 10.4 Å². The molecule has 0 aromatic carbocycles. The van der Waals surface area contributed by atoms with Gasteiger partial charge in [0, 0.05) is 0 Å². The van der Waals surface area contributed by atoms with Gasteiger partial charge in [-0.25, -0.2) is 4.18 Å². The van der Waals surface area contributed by atoms with Gasteiger partial charge < -0.3 is 40.3 Å². The highest BCUT2D eigenvalue weighted by Gasteiger charge is 2.48. The predicted molar refractivity (Wildman–Crippen MR) is 201 cm³/mol. The molecular formula is C38H71NO12S. The molecule has 8 atom stereocenters. The smallest absolute Gasteiger partial charge is 0.394 e. The number of aliphatic hydroxyl groups excluding tert-OH is 5. The number of allylic oxidation sites excluding steroid dienone is 3. The molecule has 52 heavy (non-hydrogen) atoms. The van der Waals surface area contributed by atoms with Crippen molar-refractivity contribution in [3.05, 3.63) is 24.3 Å². The van der Waals surface area contributed by atoms with E-state index in [1.54, 1.807) is 6.08 Å². The molecule has 13 nitrogen and oxygen atoms in total. The number of aliphatic hydroxyl groups is 5. The second-order valence-corrected chi connectivity index (χ2v) is 15.1. The fourth-order valence-electron chi connectivity index (χ4n) is 6.12. The van der Waals surface area contributed by atoms with Crippen LogP contribution in [0.1, 0.15) is 149 Å². The zero-order valence-electron chi connectivity index (χ0n) is 31.7. The number of rotatable bonds is 32. The quantitative estimate of drug-likeness (QED) is 0.0268. The van der Waals surface area contributed by atoms with Crippen molar-refractivity contribution in [1.29, 1.82) is 0 Å². The van der Waals surface area contributed by atoms with Crippen LogP contribution in [0.3, 0.4) is 0 Å². The molecule has 1 fully saturated rings. The largest absolute Gasteiger partial charge is 0.397 e. The summed E-state index contributed by atoms with van der Waals surface area (Å²) in [6.45, 7) is 3.13. The number of hydrogen-bond donors (Lipinski definition) is 7. The highest BCUT2D eigenvalue weighted by molar-refractivity contribution is 7.80. The van der Waals surface area contributed by atoms with Gasteiger partial charge in [0.2, 0.25) is 5.91 Å². The maximum absolute atomic E-state index is 13.0. The van der Waals surface area contributed by atoms with Crippen LogP contribution in [0.25, 0.3) is 0 Å². The van der Waals surface area contributed by atoms with Crippen LogP contribution >= 0.6 is 0 Å². The molecule has 1 saturated heterocycles. The molecule has 306 valence electrons. The third-order valence-electron chi connectivity index (χ3n) is 9.34. The molecule has 0 spiro atoms. The fourth-order valence-corrected chi connectivity index (χ4v) is 6.63. The van der Waals surface area contributed by atoms with E-state index in [2.05, 4.69) is 35.5 Å². The first-order chi connectivity index (χ1) is 24.9. The Kier molecular flexibility index (Phi) is 27.9. The lowest BCUT2D eigenvalue weighted by atomic mass is 9.99. The minimum absolute atomic E-state index is 0.239. The van der Waals surface area contributed by atoms with Crippen molar-refractivity contribution in [3.63, 3.8) is 0 Å². The lowest BCUT2D eigenvalue weighted by Crippen LogP contribution is -2.61.